The molecule has 0 atom stereocenters. The summed E-state index contributed by atoms with van der Waals surface area (Å²) in [5.41, 5.74) is 0.795. The van der Waals surface area contributed by atoms with Crippen LogP contribution < -0.4 is 14.2 Å². The average molecular weight is 379 g/mol. The van der Waals surface area contributed by atoms with Gasteiger partial charge in [-0.3, -0.25) is 9.40 Å². The first-order valence-electron chi connectivity index (χ1n) is 7.27. The lowest BCUT2D eigenvalue weighted by Crippen LogP contribution is -2.13. The first-order valence-corrected chi connectivity index (χ1v) is 9.63. The van der Waals surface area contributed by atoms with Gasteiger partial charge in [0.25, 0.3) is 10.0 Å². The van der Waals surface area contributed by atoms with Crippen LogP contribution in [-0.4, -0.2) is 32.4 Å². The van der Waals surface area contributed by atoms with Gasteiger partial charge in [-0.05, 0) is 23.6 Å². The summed E-state index contributed by atoms with van der Waals surface area (Å²) in [5.74, 6) is 0.957. The maximum atomic E-state index is 12.9. The standard InChI is InChI=1S/C16H17N3O4S2/c1-19-10-15(16(17-19)14-5-4-8-24-14)25(20,21)18-11-6-7-12(22-2)13(9-11)23-3/h4-10,18H,1-3H3. The first kappa shape index (κ1) is 17.3. The van der Waals surface area contributed by atoms with Crippen molar-refractivity contribution in [3.63, 3.8) is 0 Å². The van der Waals surface area contributed by atoms with Crippen molar-refractivity contribution in [1.29, 1.82) is 0 Å². The first-order chi connectivity index (χ1) is 11.9. The number of anilines is 1. The molecule has 0 aliphatic heterocycles. The van der Waals surface area contributed by atoms with E-state index in [0.29, 0.717) is 22.9 Å². The van der Waals surface area contributed by atoms with Crippen molar-refractivity contribution in [2.75, 3.05) is 18.9 Å². The van der Waals surface area contributed by atoms with Crippen molar-refractivity contribution < 1.29 is 17.9 Å². The van der Waals surface area contributed by atoms with Crippen molar-refractivity contribution in [3.8, 4) is 22.1 Å². The van der Waals surface area contributed by atoms with Gasteiger partial charge in [0.05, 0.1) is 24.8 Å². The van der Waals surface area contributed by atoms with E-state index in [2.05, 4.69) is 9.82 Å². The molecule has 0 radical (unpaired) electrons. The maximum absolute atomic E-state index is 12.9. The monoisotopic (exact) mass is 379 g/mol. The summed E-state index contributed by atoms with van der Waals surface area (Å²) in [6.45, 7) is 0. The molecule has 9 heteroatoms. The van der Waals surface area contributed by atoms with Crippen molar-refractivity contribution in [2.45, 2.75) is 4.90 Å². The molecule has 0 amide bonds. The largest absolute Gasteiger partial charge is 0.493 e. The fraction of sp³-hybridized carbons (Fsp3) is 0.188. The molecule has 3 rings (SSSR count). The van der Waals surface area contributed by atoms with E-state index in [1.165, 1.54) is 36.4 Å². The number of hydrogen-bond acceptors (Lipinski definition) is 6. The van der Waals surface area contributed by atoms with Gasteiger partial charge in [0.2, 0.25) is 0 Å². The van der Waals surface area contributed by atoms with E-state index in [-0.39, 0.29) is 4.90 Å². The van der Waals surface area contributed by atoms with Crippen LogP contribution in [0, 0.1) is 0 Å². The molecule has 0 spiro atoms. The lowest BCUT2D eigenvalue weighted by molar-refractivity contribution is 0.355. The smallest absolute Gasteiger partial charge is 0.265 e. The van der Waals surface area contributed by atoms with E-state index in [1.54, 1.807) is 25.2 Å². The normalized spacial score (nSPS) is 11.3. The van der Waals surface area contributed by atoms with Crippen molar-refractivity contribution >= 4 is 27.0 Å². The van der Waals surface area contributed by atoms with Crippen LogP contribution in [-0.2, 0) is 17.1 Å². The minimum absolute atomic E-state index is 0.118. The lowest BCUT2D eigenvalue weighted by Gasteiger charge is -2.11. The molecule has 0 bridgehead atoms. The second-order valence-electron chi connectivity index (χ2n) is 5.17. The molecule has 132 valence electrons. The molecule has 25 heavy (non-hydrogen) atoms. The number of rotatable bonds is 6. The van der Waals surface area contributed by atoms with Crippen LogP contribution in [0.2, 0.25) is 0 Å². The quantitative estimate of drug-likeness (QED) is 0.712. The topological polar surface area (TPSA) is 82.5 Å². The van der Waals surface area contributed by atoms with Crippen molar-refractivity contribution in [3.05, 3.63) is 41.9 Å². The molecule has 2 heterocycles. The predicted molar refractivity (Wildman–Crippen MR) is 96.9 cm³/mol. The van der Waals surface area contributed by atoms with Crippen LogP contribution in [0.25, 0.3) is 10.6 Å². The van der Waals surface area contributed by atoms with Gasteiger partial charge in [-0.1, -0.05) is 6.07 Å². The van der Waals surface area contributed by atoms with Gasteiger partial charge in [0.15, 0.2) is 11.5 Å². The van der Waals surface area contributed by atoms with Crippen LogP contribution in [0.1, 0.15) is 0 Å². The summed E-state index contributed by atoms with van der Waals surface area (Å²) in [5, 5.41) is 6.16. The Morgan fingerprint density at radius 3 is 2.56 bits per heavy atom. The highest BCUT2D eigenvalue weighted by Crippen LogP contribution is 2.33. The summed E-state index contributed by atoms with van der Waals surface area (Å²) >= 11 is 1.43. The Kier molecular flexibility index (Phi) is 4.69. The van der Waals surface area contributed by atoms with Crippen LogP contribution in [0.3, 0.4) is 0 Å². The Balaban J connectivity index is 1.99. The van der Waals surface area contributed by atoms with Gasteiger partial charge in [0.1, 0.15) is 10.6 Å². The third kappa shape index (κ3) is 3.47. The van der Waals surface area contributed by atoms with Gasteiger partial charge >= 0.3 is 0 Å². The van der Waals surface area contributed by atoms with Gasteiger partial charge in [-0.2, -0.15) is 5.10 Å². The minimum atomic E-state index is -3.82. The van der Waals surface area contributed by atoms with E-state index >= 15 is 0 Å². The van der Waals surface area contributed by atoms with Crippen LogP contribution in [0.5, 0.6) is 11.5 Å². The lowest BCUT2D eigenvalue weighted by atomic mass is 10.3. The fourth-order valence-corrected chi connectivity index (χ4v) is 4.39. The summed E-state index contributed by atoms with van der Waals surface area (Å²) in [7, 11) is 0.881. The van der Waals surface area contributed by atoms with E-state index in [9.17, 15) is 8.42 Å². The molecule has 0 saturated heterocycles. The number of methoxy groups -OCH3 is 2. The number of nitrogens with one attached hydrogen (secondary N) is 1. The summed E-state index contributed by atoms with van der Waals surface area (Å²) in [6.07, 6.45) is 1.48. The van der Waals surface area contributed by atoms with Crippen molar-refractivity contribution in [2.24, 2.45) is 7.05 Å². The molecule has 0 unspecified atom stereocenters. The summed E-state index contributed by atoms with van der Waals surface area (Å²) in [4.78, 5) is 0.903. The Morgan fingerprint density at radius 1 is 1.16 bits per heavy atom. The number of aryl methyl sites for hydroxylation is 1. The van der Waals surface area contributed by atoms with E-state index < -0.39 is 10.0 Å². The fourth-order valence-electron chi connectivity index (χ4n) is 2.36. The number of thiophene rings is 1. The van der Waals surface area contributed by atoms with Crippen molar-refractivity contribution in [1.82, 2.24) is 9.78 Å². The predicted octanol–water partition coefficient (Wildman–Crippen LogP) is 2.97. The highest BCUT2D eigenvalue weighted by atomic mass is 32.2. The maximum Gasteiger partial charge on any atom is 0.265 e. The number of aromatic nitrogens is 2. The molecule has 1 aromatic carbocycles. The molecule has 2 aromatic heterocycles. The Bertz CT molecular complexity index is 979. The number of hydrogen-bond donors (Lipinski definition) is 1. The van der Waals surface area contributed by atoms with Crippen LogP contribution in [0.4, 0.5) is 5.69 Å². The van der Waals surface area contributed by atoms with Gasteiger partial charge < -0.3 is 9.47 Å². The van der Waals surface area contributed by atoms with E-state index in [1.807, 2.05) is 17.5 Å². The molecular weight excluding hydrogens is 362 g/mol. The molecular formula is C16H17N3O4S2. The second-order valence-corrected chi connectivity index (χ2v) is 7.77. The van der Waals surface area contributed by atoms with Gasteiger partial charge in [-0.15, -0.1) is 11.3 Å². The zero-order chi connectivity index (χ0) is 18.0. The highest BCUT2D eigenvalue weighted by Gasteiger charge is 2.24. The zero-order valence-corrected chi connectivity index (χ0v) is 15.5. The third-order valence-corrected chi connectivity index (χ3v) is 5.73. The van der Waals surface area contributed by atoms with Gasteiger partial charge in [0, 0.05) is 19.3 Å². The van der Waals surface area contributed by atoms with Crippen LogP contribution in [0.15, 0.2) is 46.8 Å². The SMILES string of the molecule is COc1ccc(NS(=O)(=O)c2cn(C)nc2-c2cccs2)cc1OC. The second kappa shape index (κ2) is 6.77. The highest BCUT2D eigenvalue weighted by molar-refractivity contribution is 7.92. The number of ether oxygens (including phenoxy) is 2. The number of sulfonamides is 1. The Morgan fingerprint density at radius 2 is 1.92 bits per heavy atom. The molecule has 0 saturated carbocycles. The summed E-state index contributed by atoms with van der Waals surface area (Å²) in [6, 6.07) is 8.51. The zero-order valence-electron chi connectivity index (χ0n) is 13.9. The van der Waals surface area contributed by atoms with Crippen LogP contribution >= 0.6 is 11.3 Å². The molecule has 3 aromatic rings. The Labute approximate surface area is 149 Å². The molecule has 0 aliphatic rings. The average Bonchev–Trinajstić information content (AvgIpc) is 3.23. The number of nitrogens with zero attached hydrogens (tertiary/aromatic N) is 2. The molecule has 1 N–H and O–H groups in total. The van der Waals surface area contributed by atoms with E-state index in [0.717, 1.165) is 4.88 Å². The molecule has 7 nitrogen and oxygen atoms in total. The third-order valence-electron chi connectivity index (χ3n) is 3.48. The minimum Gasteiger partial charge on any atom is -0.493 e. The number of benzene rings is 1. The van der Waals surface area contributed by atoms with Gasteiger partial charge in [-0.25, -0.2) is 8.42 Å². The molecule has 0 fully saturated rings. The summed E-state index contributed by atoms with van der Waals surface area (Å²) < 4.78 is 40.1. The van der Waals surface area contributed by atoms with E-state index in [4.69, 9.17) is 9.47 Å². The Hall–Kier alpha value is -2.52. The molecule has 0 aliphatic carbocycles.